The number of hydrogen-bond donors (Lipinski definition) is 2. The van der Waals surface area contributed by atoms with Crippen molar-refractivity contribution in [3.63, 3.8) is 0 Å². The number of nitrogens with one attached hydrogen (secondary N) is 1. The predicted molar refractivity (Wildman–Crippen MR) is 71.9 cm³/mol. The summed E-state index contributed by atoms with van der Waals surface area (Å²) in [5.74, 6) is 0.00930. The average molecular weight is 274 g/mol. The molecule has 1 aromatic rings. The van der Waals surface area contributed by atoms with Gasteiger partial charge < -0.3 is 10.4 Å². The number of aryl methyl sites for hydroxylation is 1. The van der Waals surface area contributed by atoms with E-state index in [9.17, 15) is 4.79 Å². The Morgan fingerprint density at radius 3 is 3.00 bits per heavy atom. The van der Waals surface area contributed by atoms with Crippen molar-refractivity contribution in [2.45, 2.75) is 37.1 Å². The lowest BCUT2D eigenvalue weighted by molar-refractivity contribution is -0.139. The fourth-order valence-electron chi connectivity index (χ4n) is 1.29. The van der Waals surface area contributed by atoms with Crippen LogP contribution in [0.4, 0.5) is 0 Å². The van der Waals surface area contributed by atoms with Crippen LogP contribution in [0.5, 0.6) is 0 Å². The van der Waals surface area contributed by atoms with E-state index in [0.29, 0.717) is 6.42 Å². The topological polar surface area (TPSA) is 62.2 Å². The molecule has 4 nitrogen and oxygen atoms in total. The highest BCUT2D eigenvalue weighted by Gasteiger charge is 2.15. The molecule has 0 saturated heterocycles. The highest BCUT2D eigenvalue weighted by molar-refractivity contribution is 8.01. The zero-order chi connectivity index (χ0) is 12.7. The summed E-state index contributed by atoms with van der Waals surface area (Å²) < 4.78 is 1.02. The maximum Gasteiger partial charge on any atom is 0.320 e. The number of thiazole rings is 1. The van der Waals surface area contributed by atoms with Gasteiger partial charge in [0.2, 0.25) is 0 Å². The summed E-state index contributed by atoms with van der Waals surface area (Å²) in [6, 6.07) is -0.441. The van der Waals surface area contributed by atoms with Crippen LogP contribution in [-0.4, -0.2) is 34.4 Å². The number of aliphatic carboxylic acids is 1. The molecule has 1 heterocycles. The number of carboxylic acids is 1. The van der Waals surface area contributed by atoms with Crippen LogP contribution in [0.25, 0.3) is 0 Å². The summed E-state index contributed by atoms with van der Waals surface area (Å²) in [7, 11) is 0. The van der Waals surface area contributed by atoms with Crippen molar-refractivity contribution < 1.29 is 9.90 Å². The Bertz CT molecular complexity index is 355. The molecule has 0 saturated carbocycles. The monoisotopic (exact) mass is 274 g/mol. The third-order valence-electron chi connectivity index (χ3n) is 2.17. The zero-order valence-corrected chi connectivity index (χ0v) is 11.7. The Labute approximate surface area is 110 Å². The van der Waals surface area contributed by atoms with Gasteiger partial charge in [-0.05, 0) is 26.3 Å². The van der Waals surface area contributed by atoms with E-state index in [4.69, 9.17) is 5.11 Å². The molecule has 1 atom stereocenters. The maximum absolute atomic E-state index is 11.0. The van der Waals surface area contributed by atoms with Gasteiger partial charge in [-0.25, -0.2) is 4.98 Å². The fourth-order valence-corrected chi connectivity index (χ4v) is 3.22. The summed E-state index contributed by atoms with van der Waals surface area (Å²) in [4.78, 5) is 15.3. The first-order valence-electron chi connectivity index (χ1n) is 5.64. The molecule has 2 N–H and O–H groups in total. The molecule has 0 bridgehead atoms. The van der Waals surface area contributed by atoms with Crippen molar-refractivity contribution in [3.8, 4) is 0 Å². The maximum atomic E-state index is 11.0. The highest BCUT2D eigenvalue weighted by atomic mass is 32.2. The van der Waals surface area contributed by atoms with E-state index in [1.54, 1.807) is 23.1 Å². The first kappa shape index (κ1) is 14.5. The second kappa shape index (κ2) is 7.68. The lowest BCUT2D eigenvalue weighted by Crippen LogP contribution is -2.37. The third kappa shape index (κ3) is 5.52. The molecule has 6 heteroatoms. The van der Waals surface area contributed by atoms with Gasteiger partial charge in [0.15, 0.2) is 0 Å². The molecule has 0 aliphatic rings. The van der Waals surface area contributed by atoms with Gasteiger partial charge in [-0.1, -0.05) is 18.7 Å². The van der Waals surface area contributed by atoms with Gasteiger partial charge >= 0.3 is 5.97 Å². The number of nitrogens with zero attached hydrogens (tertiary/aromatic N) is 1. The lowest BCUT2D eigenvalue weighted by atomic mass is 10.2. The number of thioether (sulfide) groups is 1. The van der Waals surface area contributed by atoms with E-state index < -0.39 is 12.0 Å². The zero-order valence-electron chi connectivity index (χ0n) is 10.1. The van der Waals surface area contributed by atoms with Crippen LogP contribution < -0.4 is 5.32 Å². The van der Waals surface area contributed by atoms with Crippen LogP contribution >= 0.6 is 23.1 Å². The quantitative estimate of drug-likeness (QED) is 0.713. The molecular weight excluding hydrogens is 256 g/mol. The fraction of sp³-hybridized carbons (Fsp3) is 0.636. The first-order valence-corrected chi connectivity index (χ1v) is 7.51. The Morgan fingerprint density at radius 1 is 1.71 bits per heavy atom. The van der Waals surface area contributed by atoms with Gasteiger partial charge in [-0.2, -0.15) is 0 Å². The smallest absolute Gasteiger partial charge is 0.320 e. The molecule has 0 aliphatic heterocycles. The standard InChI is InChI=1S/C11H18N2O2S2/c1-3-5-12-9(10(14)15)4-6-16-11-13-8(2)7-17-11/h7,9,12H,3-6H2,1-2H3,(H,14,15). The predicted octanol–water partition coefficient (Wildman–Crippen LogP) is 2.39. The molecule has 0 aliphatic carbocycles. The van der Waals surface area contributed by atoms with Crippen LogP contribution in [0.2, 0.25) is 0 Å². The molecule has 0 amide bonds. The molecule has 0 fully saturated rings. The van der Waals surface area contributed by atoms with Crippen molar-refractivity contribution in [1.29, 1.82) is 0 Å². The molecule has 17 heavy (non-hydrogen) atoms. The van der Waals surface area contributed by atoms with Crippen LogP contribution in [0, 0.1) is 6.92 Å². The SMILES string of the molecule is CCCNC(CCSc1nc(C)cs1)C(=O)O. The largest absolute Gasteiger partial charge is 0.480 e. The van der Waals surface area contributed by atoms with Gasteiger partial charge in [0.25, 0.3) is 0 Å². The minimum atomic E-state index is -0.769. The Hall–Kier alpha value is -0.590. The van der Waals surface area contributed by atoms with Crippen LogP contribution in [0.1, 0.15) is 25.5 Å². The number of aromatic nitrogens is 1. The summed E-state index contributed by atoms with van der Waals surface area (Å²) in [5.41, 5.74) is 1.02. The van der Waals surface area contributed by atoms with E-state index >= 15 is 0 Å². The minimum Gasteiger partial charge on any atom is -0.480 e. The summed E-state index contributed by atoms with van der Waals surface area (Å²) in [6.07, 6.45) is 1.57. The summed E-state index contributed by atoms with van der Waals surface area (Å²) >= 11 is 3.24. The summed E-state index contributed by atoms with van der Waals surface area (Å²) in [5, 5.41) is 14.1. The number of carbonyl (C=O) groups is 1. The van der Waals surface area contributed by atoms with Crippen molar-refractivity contribution in [1.82, 2.24) is 10.3 Å². The normalized spacial score (nSPS) is 12.6. The minimum absolute atomic E-state index is 0.441. The molecule has 1 unspecified atom stereocenters. The van der Waals surface area contributed by atoms with E-state index in [1.165, 1.54) is 0 Å². The molecule has 96 valence electrons. The molecule has 1 aromatic heterocycles. The number of rotatable bonds is 8. The van der Waals surface area contributed by atoms with Gasteiger partial charge in [0.05, 0.1) is 0 Å². The van der Waals surface area contributed by atoms with Gasteiger partial charge in [-0.15, -0.1) is 11.3 Å². The van der Waals surface area contributed by atoms with Crippen LogP contribution in [0.3, 0.4) is 0 Å². The van der Waals surface area contributed by atoms with E-state index in [0.717, 1.165) is 28.8 Å². The van der Waals surface area contributed by atoms with E-state index in [2.05, 4.69) is 10.3 Å². The van der Waals surface area contributed by atoms with Gasteiger partial charge in [0.1, 0.15) is 10.4 Å². The second-order valence-corrected chi connectivity index (χ2v) is 5.94. The average Bonchev–Trinajstić information content (AvgIpc) is 2.68. The summed E-state index contributed by atoms with van der Waals surface area (Å²) in [6.45, 7) is 4.74. The molecule has 0 aromatic carbocycles. The first-order chi connectivity index (χ1) is 8.13. The van der Waals surface area contributed by atoms with Crippen molar-refractivity contribution in [2.24, 2.45) is 0 Å². The Balaban J connectivity index is 2.29. The van der Waals surface area contributed by atoms with Crippen LogP contribution in [0.15, 0.2) is 9.72 Å². The Morgan fingerprint density at radius 2 is 2.47 bits per heavy atom. The molecular formula is C11H18N2O2S2. The second-order valence-electron chi connectivity index (χ2n) is 3.74. The number of carboxylic acid groups (broad SMARTS) is 1. The third-order valence-corrected chi connectivity index (χ3v) is 4.34. The molecule has 0 spiro atoms. The van der Waals surface area contributed by atoms with Gasteiger partial charge in [-0.3, -0.25) is 4.79 Å². The van der Waals surface area contributed by atoms with Gasteiger partial charge in [0, 0.05) is 16.8 Å². The van der Waals surface area contributed by atoms with Crippen molar-refractivity contribution >= 4 is 29.1 Å². The molecule has 0 radical (unpaired) electrons. The molecule has 1 rings (SSSR count). The van der Waals surface area contributed by atoms with Crippen molar-refractivity contribution in [2.75, 3.05) is 12.3 Å². The lowest BCUT2D eigenvalue weighted by Gasteiger charge is -2.12. The van der Waals surface area contributed by atoms with E-state index in [-0.39, 0.29) is 0 Å². The highest BCUT2D eigenvalue weighted by Crippen LogP contribution is 2.23. The Kier molecular flexibility index (Phi) is 6.54. The van der Waals surface area contributed by atoms with Crippen molar-refractivity contribution in [3.05, 3.63) is 11.1 Å². The number of hydrogen-bond acceptors (Lipinski definition) is 5. The van der Waals surface area contributed by atoms with E-state index in [1.807, 2.05) is 19.2 Å². The van der Waals surface area contributed by atoms with Crippen LogP contribution in [-0.2, 0) is 4.79 Å².